The van der Waals surface area contributed by atoms with Crippen molar-refractivity contribution in [1.82, 2.24) is 19.6 Å². The van der Waals surface area contributed by atoms with Gasteiger partial charge >= 0.3 is 0 Å². The number of piperidine rings is 1. The van der Waals surface area contributed by atoms with E-state index in [2.05, 4.69) is 81.8 Å². The fourth-order valence-corrected chi connectivity index (χ4v) is 13.6. The number of carbonyl (C=O) groups excluding carboxylic acids is 1. The van der Waals surface area contributed by atoms with Crippen molar-refractivity contribution >= 4 is 44.0 Å². The number of hydrogen-bond acceptors (Lipinski definition) is 13. The Bertz CT molecular complexity index is 3020. The molecular weight excluding hydrogens is 954 g/mol. The average Bonchev–Trinajstić information content (AvgIpc) is 4.15. The van der Waals surface area contributed by atoms with Crippen LogP contribution in [0.25, 0.3) is 11.0 Å². The van der Waals surface area contributed by atoms with Crippen LogP contribution >= 0.6 is 0 Å². The Morgan fingerprint density at radius 3 is 2.49 bits per heavy atom. The summed E-state index contributed by atoms with van der Waals surface area (Å²) in [5, 5.41) is 16.0. The van der Waals surface area contributed by atoms with E-state index in [-0.39, 0.29) is 80.9 Å². The molecule has 5 aromatic rings. The van der Waals surface area contributed by atoms with Crippen LogP contribution < -0.4 is 29.1 Å². The quantitative estimate of drug-likeness (QED) is 0.0747. The predicted molar refractivity (Wildman–Crippen MR) is 275 cm³/mol. The first kappa shape index (κ1) is 49.2. The zero-order valence-electron chi connectivity index (χ0n) is 42.1. The third-order valence-electron chi connectivity index (χ3n) is 16.9. The number of pyridine rings is 1. The predicted octanol–water partition coefficient (Wildman–Crippen LogP) is 10.8. The number of ether oxygens (including phenoxy) is 4. The molecule has 3 atom stereocenters. The molecule has 5 fully saturated rings. The second-order valence-corrected chi connectivity index (χ2v) is 24.2. The first-order valence-corrected chi connectivity index (χ1v) is 27.6. The number of likely N-dealkylation sites (tertiary alicyclic amines) is 1. The van der Waals surface area contributed by atoms with Gasteiger partial charge in [0, 0.05) is 67.7 Å². The molecule has 2 aliphatic carbocycles. The van der Waals surface area contributed by atoms with Gasteiger partial charge in [-0.15, -0.1) is 0 Å². The van der Waals surface area contributed by atoms with E-state index in [4.69, 9.17) is 18.9 Å². The molecule has 4 aliphatic heterocycles. The Labute approximate surface area is 425 Å². The Hall–Kier alpha value is -5.98. The number of rotatable bonds is 13. The monoisotopic (exact) mass is 1020 g/mol. The molecule has 6 heterocycles. The van der Waals surface area contributed by atoms with Crippen LogP contribution in [-0.2, 0) is 14.8 Å². The van der Waals surface area contributed by atoms with Gasteiger partial charge in [0.15, 0.2) is 17.2 Å². The molecule has 3 saturated heterocycles. The summed E-state index contributed by atoms with van der Waals surface area (Å²) in [6, 6.07) is 18.3. The molecule has 16 nitrogen and oxygen atoms in total. The van der Waals surface area contributed by atoms with Crippen molar-refractivity contribution in [2.75, 3.05) is 49.7 Å². The molecule has 18 heteroatoms. The van der Waals surface area contributed by atoms with Crippen molar-refractivity contribution in [2.24, 2.45) is 16.7 Å². The molecular formula is C55H66FN7O9S. The highest BCUT2D eigenvalue weighted by atomic mass is 32.2. The highest BCUT2D eigenvalue weighted by molar-refractivity contribution is 7.90. The molecule has 0 radical (unpaired) electrons. The first-order valence-electron chi connectivity index (χ1n) is 26.1. The number of halogens is 1. The topological polar surface area (TPSA) is 190 Å². The minimum atomic E-state index is -4.75. The van der Waals surface area contributed by atoms with Crippen LogP contribution in [0.15, 0.2) is 71.8 Å². The third-order valence-corrected chi connectivity index (χ3v) is 18.2. The molecule has 73 heavy (non-hydrogen) atoms. The number of carbonyl (C=O) groups is 1. The molecule has 2 aromatic heterocycles. The number of nitrogens with one attached hydrogen (secondary N) is 3. The van der Waals surface area contributed by atoms with E-state index in [0.717, 1.165) is 82.8 Å². The van der Waals surface area contributed by atoms with Gasteiger partial charge in [0.2, 0.25) is 0 Å². The number of anilines is 2. The summed E-state index contributed by atoms with van der Waals surface area (Å²) in [5.74, 6) is -0.900. The van der Waals surface area contributed by atoms with Crippen LogP contribution in [0.5, 0.6) is 23.1 Å². The number of H-pyrrole nitrogens is 1. The molecule has 388 valence electrons. The lowest BCUT2D eigenvalue weighted by molar-refractivity contribution is -0.384. The largest absolute Gasteiger partial charge is 0.489 e. The average molecular weight is 1020 g/mol. The molecule has 3 aromatic carbocycles. The van der Waals surface area contributed by atoms with Gasteiger partial charge in [-0.3, -0.25) is 19.8 Å². The molecule has 0 bridgehead atoms. The number of sulfonamides is 1. The van der Waals surface area contributed by atoms with Crippen molar-refractivity contribution in [3.8, 4) is 23.1 Å². The van der Waals surface area contributed by atoms with Crippen LogP contribution in [0.2, 0.25) is 0 Å². The van der Waals surface area contributed by atoms with Crippen molar-refractivity contribution in [3.63, 3.8) is 0 Å². The van der Waals surface area contributed by atoms with E-state index in [1.165, 1.54) is 48.4 Å². The molecule has 0 unspecified atom stereocenters. The lowest BCUT2D eigenvalue weighted by atomic mass is 9.59. The summed E-state index contributed by atoms with van der Waals surface area (Å²) in [5.41, 5.74) is 3.83. The van der Waals surface area contributed by atoms with Crippen molar-refractivity contribution in [1.29, 1.82) is 0 Å². The zero-order valence-corrected chi connectivity index (χ0v) is 42.9. The molecule has 2 saturated carbocycles. The van der Waals surface area contributed by atoms with Crippen LogP contribution in [0, 0.1) is 32.7 Å². The number of nitrogens with zero attached hydrogens (tertiary/aromatic N) is 4. The number of fused-ring (bicyclic) bond motifs is 2. The standard InChI is InChI=1S/C55H66FN7O9S/c1-33(2)39-8-5-6-9-40(39)45-10-7-20-62(45)36-28-55(29-36)18-21-61(22-19-55)35-11-12-41(47(24-35)72-49-27-42-43(56)30-57-51(42)59-53(49)71-37-15-23-69-31-37)52(64)60-73(67,68)38-25-46(63(65)66)50-48(26-38)70-32-44(58-50)34-13-16-54(3,4)17-14-34/h5-6,8-9,11-12,24-27,30,33-34,36-37,44-45,58H,7,10,13-23,28-29,31-32H2,1-4H3,(H,57,59)(H,60,64)/t37-,44-,45+/m1/s1. The number of nitro groups is 1. The van der Waals surface area contributed by atoms with Crippen molar-refractivity contribution in [3.05, 3.63) is 99.5 Å². The van der Waals surface area contributed by atoms with Gasteiger partial charge in [0.25, 0.3) is 27.5 Å². The Morgan fingerprint density at radius 1 is 0.973 bits per heavy atom. The smallest absolute Gasteiger partial charge is 0.297 e. The number of benzene rings is 3. The van der Waals surface area contributed by atoms with Crippen LogP contribution in [0.3, 0.4) is 0 Å². The fourth-order valence-electron chi connectivity index (χ4n) is 12.6. The number of hydrogen-bond donors (Lipinski definition) is 3. The number of aromatic nitrogens is 2. The number of aromatic amines is 1. The minimum Gasteiger partial charge on any atom is -0.489 e. The van der Waals surface area contributed by atoms with E-state index in [0.29, 0.717) is 37.6 Å². The van der Waals surface area contributed by atoms with Crippen molar-refractivity contribution in [2.45, 2.75) is 133 Å². The fraction of sp³-hybridized carbons (Fsp3) is 0.527. The van der Waals surface area contributed by atoms with E-state index in [1.807, 2.05) is 0 Å². The van der Waals surface area contributed by atoms with Gasteiger partial charge in [0.1, 0.15) is 29.9 Å². The molecule has 3 N–H and O–H groups in total. The highest BCUT2D eigenvalue weighted by Crippen LogP contribution is 2.55. The van der Waals surface area contributed by atoms with E-state index in [1.54, 1.807) is 12.1 Å². The Morgan fingerprint density at radius 2 is 1.75 bits per heavy atom. The van der Waals surface area contributed by atoms with E-state index < -0.39 is 37.3 Å². The molecule has 1 spiro atoms. The van der Waals surface area contributed by atoms with Gasteiger partial charge < -0.3 is 34.1 Å². The first-order chi connectivity index (χ1) is 35.0. The third kappa shape index (κ3) is 9.82. The van der Waals surface area contributed by atoms with Crippen LogP contribution in [-0.4, -0.2) is 91.8 Å². The maximum Gasteiger partial charge on any atom is 0.297 e. The second-order valence-electron chi connectivity index (χ2n) is 22.5. The van der Waals surface area contributed by atoms with E-state index in [9.17, 15) is 23.3 Å². The SMILES string of the molecule is CC(C)c1ccccc1[C@@H]1CCCN1C1CC2(CCN(c3ccc(C(=O)NS(=O)(=O)c4cc5c(c([N+](=O)[O-])c4)N[C@@H](C4CCC(C)(C)CC4)CO5)c(Oc4cc5c(F)c[nH]c5nc4O[C@@H]4CCOC4)c3)CC2)C1. The zero-order chi connectivity index (χ0) is 50.8. The summed E-state index contributed by atoms with van der Waals surface area (Å²) >= 11 is 0. The van der Waals surface area contributed by atoms with Crippen LogP contribution in [0.4, 0.5) is 21.5 Å². The summed E-state index contributed by atoms with van der Waals surface area (Å²) in [4.78, 5) is 38.2. The van der Waals surface area contributed by atoms with Gasteiger partial charge in [-0.2, -0.15) is 4.98 Å². The summed E-state index contributed by atoms with van der Waals surface area (Å²) in [6.45, 7) is 12.7. The van der Waals surface area contributed by atoms with E-state index >= 15 is 4.39 Å². The normalized spacial score (nSPS) is 23.2. The Kier molecular flexibility index (Phi) is 13.1. The minimum absolute atomic E-state index is 0.00602. The molecule has 11 rings (SSSR count). The van der Waals surface area contributed by atoms with Crippen molar-refractivity contribution < 1.29 is 41.5 Å². The lowest BCUT2D eigenvalue weighted by Gasteiger charge is -2.56. The van der Waals surface area contributed by atoms with Gasteiger partial charge in [-0.1, -0.05) is 52.0 Å². The second kappa shape index (κ2) is 19.4. The number of nitro benzene ring substituents is 1. The maximum absolute atomic E-state index is 15.1. The maximum atomic E-state index is 15.1. The lowest BCUT2D eigenvalue weighted by Crippen LogP contribution is -2.54. The van der Waals surface area contributed by atoms with Crippen LogP contribution in [0.1, 0.15) is 132 Å². The van der Waals surface area contributed by atoms with Gasteiger partial charge in [-0.25, -0.2) is 17.5 Å². The highest BCUT2D eigenvalue weighted by Gasteiger charge is 2.50. The Balaban J connectivity index is 0.851. The summed E-state index contributed by atoms with van der Waals surface area (Å²) in [7, 11) is -4.75. The summed E-state index contributed by atoms with van der Waals surface area (Å²) in [6.07, 6.45) is 12.0. The molecule has 1 amide bonds. The number of amides is 1. The molecule has 6 aliphatic rings. The van der Waals surface area contributed by atoms with Gasteiger partial charge in [-0.05, 0) is 117 Å². The summed E-state index contributed by atoms with van der Waals surface area (Å²) < 4.78 is 70.1. The van der Waals surface area contributed by atoms with Gasteiger partial charge in [0.05, 0.1) is 40.0 Å².